The van der Waals surface area contributed by atoms with E-state index in [1.807, 2.05) is 0 Å². The third-order valence-electron chi connectivity index (χ3n) is 3.33. The first-order chi connectivity index (χ1) is 8.19. The van der Waals surface area contributed by atoms with Gasteiger partial charge in [0, 0.05) is 26.2 Å². The number of ether oxygens (including phenoxy) is 1. The van der Waals surface area contributed by atoms with Crippen LogP contribution in [0.25, 0.3) is 0 Å². The van der Waals surface area contributed by atoms with Crippen molar-refractivity contribution < 1.29 is 4.74 Å². The lowest BCUT2D eigenvalue weighted by atomic mass is 10.1. The van der Waals surface area contributed by atoms with E-state index in [1.165, 1.54) is 19.4 Å². The molecule has 0 saturated carbocycles. The molecule has 104 valence electrons. The third-order valence-corrected chi connectivity index (χ3v) is 3.33. The van der Waals surface area contributed by atoms with Crippen LogP contribution in [0.4, 0.5) is 0 Å². The van der Waals surface area contributed by atoms with Crippen molar-refractivity contribution in [2.75, 3.05) is 39.9 Å². The molecule has 0 fully saturated rings. The van der Waals surface area contributed by atoms with E-state index >= 15 is 0 Å². The van der Waals surface area contributed by atoms with E-state index in [0.717, 1.165) is 32.2 Å². The highest BCUT2D eigenvalue weighted by Gasteiger charge is 2.18. The minimum absolute atomic E-state index is 0.505. The Bertz CT molecular complexity index is 164. The third kappa shape index (κ3) is 7.74. The van der Waals surface area contributed by atoms with Crippen LogP contribution in [0.1, 0.15) is 40.5 Å². The molecule has 0 aliphatic rings. The Morgan fingerprint density at radius 3 is 2.41 bits per heavy atom. The van der Waals surface area contributed by atoms with Crippen molar-refractivity contribution in [3.05, 3.63) is 0 Å². The first-order valence-electron chi connectivity index (χ1n) is 7.13. The highest BCUT2D eigenvalue weighted by atomic mass is 16.5. The van der Waals surface area contributed by atoms with E-state index in [4.69, 9.17) is 4.74 Å². The maximum absolute atomic E-state index is 5.35. The van der Waals surface area contributed by atoms with Gasteiger partial charge in [-0.2, -0.15) is 0 Å². The summed E-state index contributed by atoms with van der Waals surface area (Å²) in [6.07, 6.45) is 2.44. The average Bonchev–Trinajstić information content (AvgIpc) is 2.35. The number of nitrogens with one attached hydrogen (secondary N) is 1. The quantitative estimate of drug-likeness (QED) is 0.565. The summed E-state index contributed by atoms with van der Waals surface area (Å²) >= 11 is 0. The summed E-state index contributed by atoms with van der Waals surface area (Å²) < 4.78 is 5.35. The zero-order chi connectivity index (χ0) is 13.1. The van der Waals surface area contributed by atoms with Gasteiger partial charge in [0.25, 0.3) is 0 Å². The van der Waals surface area contributed by atoms with Crippen LogP contribution in [0.15, 0.2) is 0 Å². The van der Waals surface area contributed by atoms with Crippen LogP contribution >= 0.6 is 0 Å². The summed E-state index contributed by atoms with van der Waals surface area (Å²) in [4.78, 5) is 2.54. The van der Waals surface area contributed by atoms with Gasteiger partial charge in [-0.15, -0.1) is 0 Å². The van der Waals surface area contributed by atoms with Gasteiger partial charge in [-0.1, -0.05) is 34.1 Å². The monoisotopic (exact) mass is 244 g/mol. The highest BCUT2D eigenvalue weighted by Crippen LogP contribution is 2.08. The van der Waals surface area contributed by atoms with Gasteiger partial charge in [-0.05, 0) is 25.4 Å². The van der Waals surface area contributed by atoms with E-state index in [0.29, 0.717) is 6.04 Å². The Balaban J connectivity index is 4.19. The lowest BCUT2D eigenvalue weighted by molar-refractivity contribution is 0.0830. The molecule has 0 spiro atoms. The number of hydrogen-bond acceptors (Lipinski definition) is 3. The van der Waals surface area contributed by atoms with Crippen molar-refractivity contribution in [3.8, 4) is 0 Å². The summed E-state index contributed by atoms with van der Waals surface area (Å²) in [5.41, 5.74) is 0. The summed E-state index contributed by atoms with van der Waals surface area (Å²) in [6, 6.07) is 0.505. The number of hydrogen-bond donors (Lipinski definition) is 1. The molecule has 0 bridgehead atoms. The summed E-state index contributed by atoms with van der Waals surface area (Å²) in [5.74, 6) is 0.764. The second-order valence-electron chi connectivity index (χ2n) is 4.91. The lowest BCUT2D eigenvalue weighted by Crippen LogP contribution is -2.46. The zero-order valence-electron chi connectivity index (χ0n) is 12.5. The van der Waals surface area contributed by atoms with Crippen LogP contribution in [0.5, 0.6) is 0 Å². The Morgan fingerprint density at radius 1 is 1.24 bits per heavy atom. The second kappa shape index (κ2) is 11.0. The van der Waals surface area contributed by atoms with Crippen LogP contribution in [0.2, 0.25) is 0 Å². The van der Waals surface area contributed by atoms with Gasteiger partial charge in [0.05, 0.1) is 6.61 Å². The van der Waals surface area contributed by atoms with Crippen LogP contribution in [-0.4, -0.2) is 50.8 Å². The standard InChI is InChI=1S/C14H32N2O/c1-6-9-15-10-14(12-17-5)16(8-3)11-13(4)7-2/h13-15H,6-12H2,1-5H3. The molecule has 0 radical (unpaired) electrons. The SMILES string of the molecule is CCCNCC(COC)N(CC)CC(C)CC. The van der Waals surface area contributed by atoms with Crippen molar-refractivity contribution in [1.82, 2.24) is 10.2 Å². The number of nitrogens with zero attached hydrogens (tertiary/aromatic N) is 1. The molecule has 0 aliphatic heterocycles. The van der Waals surface area contributed by atoms with E-state index < -0.39 is 0 Å². The van der Waals surface area contributed by atoms with Gasteiger partial charge in [0.15, 0.2) is 0 Å². The molecule has 2 atom stereocenters. The fraction of sp³-hybridized carbons (Fsp3) is 1.00. The van der Waals surface area contributed by atoms with Crippen molar-refractivity contribution >= 4 is 0 Å². The smallest absolute Gasteiger partial charge is 0.0630 e. The average molecular weight is 244 g/mol. The van der Waals surface area contributed by atoms with Crippen LogP contribution in [-0.2, 0) is 4.74 Å². The highest BCUT2D eigenvalue weighted by molar-refractivity contribution is 4.74. The largest absolute Gasteiger partial charge is 0.383 e. The summed E-state index contributed by atoms with van der Waals surface area (Å²) in [5, 5.41) is 3.50. The van der Waals surface area contributed by atoms with E-state index in [-0.39, 0.29) is 0 Å². The molecular weight excluding hydrogens is 212 g/mol. The summed E-state index contributed by atoms with van der Waals surface area (Å²) in [7, 11) is 1.80. The van der Waals surface area contributed by atoms with Gasteiger partial charge >= 0.3 is 0 Å². The predicted octanol–water partition coefficient (Wildman–Crippen LogP) is 2.37. The van der Waals surface area contributed by atoms with Crippen molar-refractivity contribution in [2.24, 2.45) is 5.92 Å². The molecule has 0 rings (SSSR count). The van der Waals surface area contributed by atoms with Crippen LogP contribution < -0.4 is 5.32 Å². The Hall–Kier alpha value is -0.120. The molecule has 1 N–H and O–H groups in total. The Labute approximate surface area is 108 Å². The zero-order valence-corrected chi connectivity index (χ0v) is 12.5. The van der Waals surface area contributed by atoms with E-state index in [2.05, 4.69) is 37.9 Å². The topological polar surface area (TPSA) is 24.5 Å². The molecule has 0 amide bonds. The van der Waals surface area contributed by atoms with Crippen LogP contribution in [0.3, 0.4) is 0 Å². The molecule has 0 aliphatic carbocycles. The summed E-state index contributed by atoms with van der Waals surface area (Å²) in [6.45, 7) is 14.3. The molecule has 3 heteroatoms. The molecule has 0 aromatic rings. The molecule has 0 saturated heterocycles. The predicted molar refractivity (Wildman–Crippen MR) is 75.5 cm³/mol. The Kier molecular flexibility index (Phi) is 10.9. The fourth-order valence-electron chi connectivity index (χ4n) is 2.00. The molecule has 0 heterocycles. The maximum atomic E-state index is 5.35. The van der Waals surface area contributed by atoms with E-state index in [9.17, 15) is 0 Å². The lowest BCUT2D eigenvalue weighted by Gasteiger charge is -2.32. The van der Waals surface area contributed by atoms with Gasteiger partial charge in [-0.3, -0.25) is 4.90 Å². The minimum Gasteiger partial charge on any atom is -0.383 e. The first kappa shape index (κ1) is 16.9. The molecule has 0 aromatic heterocycles. The first-order valence-corrected chi connectivity index (χ1v) is 7.13. The van der Waals surface area contributed by atoms with Crippen molar-refractivity contribution in [3.63, 3.8) is 0 Å². The van der Waals surface area contributed by atoms with Crippen LogP contribution in [0, 0.1) is 5.92 Å². The van der Waals surface area contributed by atoms with Gasteiger partial charge in [0.2, 0.25) is 0 Å². The molecule has 2 unspecified atom stereocenters. The minimum atomic E-state index is 0.505. The van der Waals surface area contributed by atoms with Crippen molar-refractivity contribution in [1.29, 1.82) is 0 Å². The number of likely N-dealkylation sites (N-methyl/N-ethyl adjacent to an activating group) is 1. The van der Waals surface area contributed by atoms with E-state index in [1.54, 1.807) is 7.11 Å². The van der Waals surface area contributed by atoms with Gasteiger partial charge < -0.3 is 10.1 Å². The normalized spacial score (nSPS) is 15.2. The van der Waals surface area contributed by atoms with Gasteiger partial charge in [-0.25, -0.2) is 0 Å². The number of rotatable bonds is 11. The second-order valence-corrected chi connectivity index (χ2v) is 4.91. The maximum Gasteiger partial charge on any atom is 0.0630 e. The molecule has 3 nitrogen and oxygen atoms in total. The molecule has 0 aromatic carbocycles. The van der Waals surface area contributed by atoms with Gasteiger partial charge in [0.1, 0.15) is 0 Å². The Morgan fingerprint density at radius 2 is 1.94 bits per heavy atom. The fourth-order valence-corrected chi connectivity index (χ4v) is 2.00. The number of methoxy groups -OCH3 is 1. The van der Waals surface area contributed by atoms with Crippen molar-refractivity contribution in [2.45, 2.75) is 46.6 Å². The molecule has 17 heavy (non-hydrogen) atoms. The molecular formula is C14H32N2O.